The summed E-state index contributed by atoms with van der Waals surface area (Å²) in [6.07, 6.45) is 2.69. The van der Waals surface area contributed by atoms with Crippen molar-refractivity contribution in [1.82, 2.24) is 9.13 Å². The first kappa shape index (κ1) is 18.3. The maximum absolute atomic E-state index is 13.5. The number of benzene rings is 2. The highest BCUT2D eigenvalue weighted by molar-refractivity contribution is 5.91. The standard InChI is InChI=1S/C20H18FN3O3/c1-13-5-3-4-6-16(13)22-18(25)12-23-9-10-24(20(27)19(23)26)17-11-15(21)8-7-14(17)2/h3-11H,12H2,1-2H3,(H,22,25). The number of nitrogens with one attached hydrogen (secondary N) is 1. The van der Waals surface area contributed by atoms with Gasteiger partial charge in [-0.3, -0.25) is 23.5 Å². The van der Waals surface area contributed by atoms with Crippen LogP contribution in [0.5, 0.6) is 0 Å². The first-order chi connectivity index (χ1) is 12.9. The van der Waals surface area contributed by atoms with Gasteiger partial charge in [-0.05, 0) is 43.2 Å². The molecule has 0 spiro atoms. The molecule has 6 nitrogen and oxygen atoms in total. The van der Waals surface area contributed by atoms with Crippen LogP contribution in [0.4, 0.5) is 10.1 Å². The Morgan fingerprint density at radius 2 is 1.74 bits per heavy atom. The van der Waals surface area contributed by atoms with Crippen molar-refractivity contribution in [3.63, 3.8) is 0 Å². The smallest absolute Gasteiger partial charge is 0.320 e. The van der Waals surface area contributed by atoms with E-state index in [9.17, 15) is 18.8 Å². The SMILES string of the molecule is Cc1ccccc1NC(=O)Cn1ccn(-c2cc(F)ccc2C)c(=O)c1=O. The van der Waals surface area contributed by atoms with E-state index in [-0.39, 0.29) is 12.2 Å². The van der Waals surface area contributed by atoms with Crippen LogP contribution < -0.4 is 16.4 Å². The van der Waals surface area contributed by atoms with Crippen LogP contribution in [0.1, 0.15) is 11.1 Å². The zero-order valence-corrected chi connectivity index (χ0v) is 14.9. The van der Waals surface area contributed by atoms with Gasteiger partial charge in [0.2, 0.25) is 5.91 Å². The summed E-state index contributed by atoms with van der Waals surface area (Å²) in [5.74, 6) is -0.935. The van der Waals surface area contributed by atoms with Crippen molar-refractivity contribution in [2.75, 3.05) is 5.32 Å². The second kappa shape index (κ2) is 7.41. The molecule has 1 amide bonds. The Bertz CT molecular complexity index is 1130. The lowest BCUT2D eigenvalue weighted by atomic mass is 10.2. The molecule has 1 heterocycles. The van der Waals surface area contributed by atoms with Gasteiger partial charge < -0.3 is 5.32 Å². The predicted octanol–water partition coefficient (Wildman–Crippen LogP) is 2.39. The van der Waals surface area contributed by atoms with E-state index in [0.29, 0.717) is 11.3 Å². The molecule has 1 N–H and O–H groups in total. The fourth-order valence-corrected chi connectivity index (χ4v) is 2.72. The molecule has 0 aliphatic heterocycles. The Labute approximate surface area is 154 Å². The zero-order valence-electron chi connectivity index (χ0n) is 14.9. The maximum atomic E-state index is 13.5. The largest absolute Gasteiger partial charge is 0.324 e. The number of para-hydroxylation sites is 1. The van der Waals surface area contributed by atoms with E-state index in [1.165, 1.54) is 30.6 Å². The first-order valence-electron chi connectivity index (χ1n) is 8.31. The Balaban J connectivity index is 1.88. The summed E-state index contributed by atoms with van der Waals surface area (Å²) in [4.78, 5) is 37.0. The minimum atomic E-state index is -0.860. The molecule has 2 aromatic carbocycles. The van der Waals surface area contributed by atoms with Crippen molar-refractivity contribution in [2.24, 2.45) is 0 Å². The van der Waals surface area contributed by atoms with Crippen LogP contribution in [-0.2, 0) is 11.3 Å². The second-order valence-electron chi connectivity index (χ2n) is 6.20. The molecule has 0 aliphatic rings. The summed E-state index contributed by atoms with van der Waals surface area (Å²) in [5.41, 5.74) is 0.743. The number of nitrogens with zero attached hydrogens (tertiary/aromatic N) is 2. The lowest BCUT2D eigenvalue weighted by Crippen LogP contribution is -2.41. The summed E-state index contributed by atoms with van der Waals surface area (Å²) < 4.78 is 15.6. The number of aryl methyl sites for hydroxylation is 2. The van der Waals surface area contributed by atoms with Gasteiger partial charge in [0.05, 0.1) is 5.69 Å². The highest BCUT2D eigenvalue weighted by Gasteiger charge is 2.12. The molecule has 1 aromatic heterocycles. The van der Waals surface area contributed by atoms with Crippen LogP contribution in [0, 0.1) is 19.7 Å². The molecule has 0 fully saturated rings. The number of halogens is 1. The second-order valence-corrected chi connectivity index (χ2v) is 6.20. The van der Waals surface area contributed by atoms with E-state index < -0.39 is 22.8 Å². The molecule has 27 heavy (non-hydrogen) atoms. The molecule has 7 heteroatoms. The molecule has 0 aliphatic carbocycles. The lowest BCUT2D eigenvalue weighted by Gasteiger charge is -2.12. The number of aromatic nitrogens is 2. The molecule has 3 rings (SSSR count). The molecule has 0 bridgehead atoms. The van der Waals surface area contributed by atoms with Gasteiger partial charge >= 0.3 is 11.1 Å². The van der Waals surface area contributed by atoms with Gasteiger partial charge in [-0.15, -0.1) is 0 Å². The monoisotopic (exact) mass is 367 g/mol. The molecule has 3 aromatic rings. The molecule has 0 unspecified atom stereocenters. The fraction of sp³-hybridized carbons (Fsp3) is 0.150. The van der Waals surface area contributed by atoms with E-state index in [0.717, 1.165) is 14.7 Å². The topological polar surface area (TPSA) is 73.1 Å². The number of carbonyl (C=O) groups excluding carboxylic acids is 1. The number of hydrogen-bond acceptors (Lipinski definition) is 3. The summed E-state index contributed by atoms with van der Waals surface area (Å²) >= 11 is 0. The van der Waals surface area contributed by atoms with Crippen LogP contribution in [0.3, 0.4) is 0 Å². The van der Waals surface area contributed by atoms with E-state index in [4.69, 9.17) is 0 Å². The van der Waals surface area contributed by atoms with Crippen molar-refractivity contribution in [2.45, 2.75) is 20.4 Å². The summed E-state index contributed by atoms with van der Waals surface area (Å²) in [6, 6.07) is 11.2. The van der Waals surface area contributed by atoms with Crippen LogP contribution in [0.2, 0.25) is 0 Å². The molecule has 0 saturated heterocycles. The number of amides is 1. The fourth-order valence-electron chi connectivity index (χ4n) is 2.72. The zero-order chi connectivity index (χ0) is 19.6. The molecular formula is C20H18FN3O3. The third-order valence-electron chi connectivity index (χ3n) is 4.22. The van der Waals surface area contributed by atoms with Gasteiger partial charge in [0.25, 0.3) is 0 Å². The maximum Gasteiger partial charge on any atom is 0.320 e. The van der Waals surface area contributed by atoms with Crippen LogP contribution in [0.15, 0.2) is 64.4 Å². The first-order valence-corrected chi connectivity index (χ1v) is 8.31. The molecule has 138 valence electrons. The lowest BCUT2D eigenvalue weighted by molar-refractivity contribution is -0.116. The van der Waals surface area contributed by atoms with Crippen molar-refractivity contribution in [1.29, 1.82) is 0 Å². The van der Waals surface area contributed by atoms with Gasteiger partial charge in [0, 0.05) is 18.1 Å². The molecule has 0 atom stereocenters. The minimum Gasteiger partial charge on any atom is -0.324 e. The van der Waals surface area contributed by atoms with Gasteiger partial charge in [0.1, 0.15) is 12.4 Å². The summed E-state index contributed by atoms with van der Waals surface area (Å²) in [6.45, 7) is 3.26. The third-order valence-corrected chi connectivity index (χ3v) is 4.22. The molecule has 0 saturated carbocycles. The Morgan fingerprint density at radius 1 is 1.00 bits per heavy atom. The Morgan fingerprint density at radius 3 is 2.48 bits per heavy atom. The molecular weight excluding hydrogens is 349 g/mol. The normalized spacial score (nSPS) is 10.6. The third kappa shape index (κ3) is 3.87. The number of hydrogen-bond donors (Lipinski definition) is 1. The summed E-state index contributed by atoms with van der Waals surface area (Å²) in [5, 5.41) is 2.71. The quantitative estimate of drug-likeness (QED) is 0.720. The van der Waals surface area contributed by atoms with Gasteiger partial charge in [-0.1, -0.05) is 24.3 Å². The average molecular weight is 367 g/mol. The highest BCUT2D eigenvalue weighted by Crippen LogP contribution is 2.14. The van der Waals surface area contributed by atoms with Crippen LogP contribution in [0.25, 0.3) is 5.69 Å². The van der Waals surface area contributed by atoms with Gasteiger partial charge in [-0.25, -0.2) is 4.39 Å². The number of carbonyl (C=O) groups is 1. The van der Waals surface area contributed by atoms with Crippen molar-refractivity contribution >= 4 is 11.6 Å². The van der Waals surface area contributed by atoms with Crippen molar-refractivity contribution in [3.8, 4) is 5.69 Å². The molecule has 0 radical (unpaired) electrons. The Kier molecular flexibility index (Phi) is 5.03. The average Bonchev–Trinajstić information content (AvgIpc) is 2.63. The van der Waals surface area contributed by atoms with Crippen molar-refractivity contribution in [3.05, 3.63) is 92.5 Å². The van der Waals surface area contributed by atoms with Crippen LogP contribution in [-0.4, -0.2) is 15.0 Å². The minimum absolute atomic E-state index is 0.286. The van der Waals surface area contributed by atoms with E-state index in [1.54, 1.807) is 19.1 Å². The van der Waals surface area contributed by atoms with E-state index >= 15 is 0 Å². The van der Waals surface area contributed by atoms with Crippen LogP contribution >= 0.6 is 0 Å². The van der Waals surface area contributed by atoms with Gasteiger partial charge in [0.15, 0.2) is 0 Å². The van der Waals surface area contributed by atoms with E-state index in [2.05, 4.69) is 5.32 Å². The van der Waals surface area contributed by atoms with Gasteiger partial charge in [-0.2, -0.15) is 0 Å². The predicted molar refractivity (Wildman–Crippen MR) is 101 cm³/mol. The van der Waals surface area contributed by atoms with E-state index in [1.807, 2.05) is 19.1 Å². The summed E-state index contributed by atoms with van der Waals surface area (Å²) in [7, 11) is 0. The number of rotatable bonds is 4. The van der Waals surface area contributed by atoms with Crippen molar-refractivity contribution < 1.29 is 9.18 Å². The Hall–Kier alpha value is -3.48. The number of anilines is 1. The highest BCUT2D eigenvalue weighted by atomic mass is 19.1.